The number of nitrogens with zero attached hydrogens (tertiary/aromatic N) is 2. The number of aromatic amines is 1. The molecule has 1 aromatic carbocycles. The first kappa shape index (κ1) is 11.6. The molecule has 0 radical (unpaired) electrons. The maximum atomic E-state index is 13.2. The predicted molar refractivity (Wildman–Crippen MR) is 69.1 cm³/mol. The van der Waals surface area contributed by atoms with Crippen molar-refractivity contribution in [1.82, 2.24) is 14.6 Å². The van der Waals surface area contributed by atoms with E-state index in [4.69, 9.17) is 5.73 Å². The van der Waals surface area contributed by atoms with Gasteiger partial charge in [-0.05, 0) is 12.1 Å². The van der Waals surface area contributed by atoms with Gasteiger partial charge in [0.2, 0.25) is 0 Å². The van der Waals surface area contributed by atoms with Crippen molar-refractivity contribution in [2.24, 2.45) is 5.73 Å². The number of nitrogens with one attached hydrogen (secondary N) is 1. The summed E-state index contributed by atoms with van der Waals surface area (Å²) in [6.45, 7) is 0.201. The Labute approximate surface area is 107 Å². The third-order valence-electron chi connectivity index (χ3n) is 2.85. The summed E-state index contributed by atoms with van der Waals surface area (Å²) < 4.78 is 14.5. The van der Waals surface area contributed by atoms with E-state index >= 15 is 0 Å². The first-order valence-corrected chi connectivity index (χ1v) is 5.75. The van der Waals surface area contributed by atoms with Crippen LogP contribution in [0, 0.1) is 5.82 Å². The molecule has 0 atom stereocenters. The molecule has 0 spiro atoms. The number of fused-ring (bicyclic) bond motifs is 1. The minimum Gasteiger partial charge on any atom is -0.325 e. The van der Waals surface area contributed by atoms with Gasteiger partial charge in [-0.2, -0.15) is 0 Å². The monoisotopic (exact) mass is 258 g/mol. The lowest BCUT2D eigenvalue weighted by molar-refractivity contribution is 0.628. The van der Waals surface area contributed by atoms with Gasteiger partial charge in [-0.3, -0.25) is 9.89 Å². The molecule has 0 amide bonds. The number of hydrogen-bond acceptors (Lipinski definition) is 3. The van der Waals surface area contributed by atoms with Crippen molar-refractivity contribution in [3.05, 3.63) is 58.3 Å². The lowest BCUT2D eigenvalue weighted by Crippen LogP contribution is -2.16. The Hall–Kier alpha value is -2.47. The number of hydrogen-bond donors (Lipinski definition) is 2. The second-order valence-corrected chi connectivity index (χ2v) is 4.16. The van der Waals surface area contributed by atoms with Gasteiger partial charge in [-0.1, -0.05) is 12.1 Å². The van der Waals surface area contributed by atoms with Gasteiger partial charge in [-0.15, -0.1) is 0 Å². The molecule has 3 rings (SSSR count). The largest absolute Gasteiger partial charge is 0.325 e. The van der Waals surface area contributed by atoms with Crippen LogP contribution in [0.4, 0.5) is 4.39 Å². The van der Waals surface area contributed by atoms with E-state index in [-0.39, 0.29) is 17.9 Å². The summed E-state index contributed by atoms with van der Waals surface area (Å²) >= 11 is 0. The minimum absolute atomic E-state index is 0.201. The van der Waals surface area contributed by atoms with E-state index in [1.165, 1.54) is 22.7 Å². The standard InChI is InChI=1S/C13H11FN4O/c14-9-3-1-2-8(4-9)11-6-12-16-10(7-15)5-13(19)18(12)17-11/h1-6,17H,7,15H2. The van der Waals surface area contributed by atoms with Crippen molar-refractivity contribution in [2.45, 2.75) is 6.54 Å². The van der Waals surface area contributed by atoms with Crippen LogP contribution in [0.5, 0.6) is 0 Å². The summed E-state index contributed by atoms with van der Waals surface area (Å²) in [4.78, 5) is 16.1. The first-order chi connectivity index (χ1) is 9.17. The van der Waals surface area contributed by atoms with Crippen LogP contribution in [0.3, 0.4) is 0 Å². The van der Waals surface area contributed by atoms with Gasteiger partial charge >= 0.3 is 0 Å². The van der Waals surface area contributed by atoms with Crippen LogP contribution in [0.2, 0.25) is 0 Å². The fraction of sp³-hybridized carbons (Fsp3) is 0.0769. The molecular formula is C13H11FN4O. The molecule has 2 heterocycles. The quantitative estimate of drug-likeness (QED) is 0.727. The van der Waals surface area contributed by atoms with Crippen molar-refractivity contribution < 1.29 is 4.39 Å². The van der Waals surface area contributed by atoms with E-state index in [2.05, 4.69) is 10.1 Å². The van der Waals surface area contributed by atoms with Crippen LogP contribution in [0.1, 0.15) is 5.69 Å². The molecule has 0 bridgehead atoms. The maximum Gasteiger partial charge on any atom is 0.272 e. The van der Waals surface area contributed by atoms with Gasteiger partial charge in [0.25, 0.3) is 5.56 Å². The third kappa shape index (κ3) is 2.02. The Bertz CT molecular complexity index is 806. The van der Waals surface area contributed by atoms with Crippen LogP contribution in [0.15, 0.2) is 41.2 Å². The molecule has 0 aliphatic rings. The highest BCUT2D eigenvalue weighted by Gasteiger charge is 2.07. The number of H-pyrrole nitrogens is 1. The van der Waals surface area contributed by atoms with Gasteiger partial charge in [0.15, 0.2) is 5.65 Å². The van der Waals surface area contributed by atoms with E-state index in [0.717, 1.165) is 0 Å². The maximum absolute atomic E-state index is 13.2. The second kappa shape index (κ2) is 4.33. The van der Waals surface area contributed by atoms with Crippen molar-refractivity contribution in [1.29, 1.82) is 0 Å². The van der Waals surface area contributed by atoms with Gasteiger partial charge in [0.05, 0.1) is 11.4 Å². The summed E-state index contributed by atoms with van der Waals surface area (Å²) in [5.41, 5.74) is 7.50. The van der Waals surface area contributed by atoms with Crippen molar-refractivity contribution in [3.63, 3.8) is 0 Å². The molecule has 0 saturated heterocycles. The van der Waals surface area contributed by atoms with Crippen molar-refractivity contribution in [3.8, 4) is 11.3 Å². The molecule has 6 heteroatoms. The molecule has 0 fully saturated rings. The highest BCUT2D eigenvalue weighted by Crippen LogP contribution is 2.19. The Balaban J connectivity index is 2.22. The van der Waals surface area contributed by atoms with E-state index in [1.807, 2.05) is 0 Å². The first-order valence-electron chi connectivity index (χ1n) is 5.75. The van der Waals surface area contributed by atoms with E-state index in [9.17, 15) is 9.18 Å². The summed E-state index contributed by atoms with van der Waals surface area (Å²) in [7, 11) is 0. The molecule has 0 saturated carbocycles. The molecule has 3 N–H and O–H groups in total. The Morgan fingerprint density at radius 3 is 2.89 bits per heavy atom. The summed E-state index contributed by atoms with van der Waals surface area (Å²) in [5, 5.41) is 2.89. The fourth-order valence-electron chi connectivity index (χ4n) is 1.95. The zero-order valence-corrected chi connectivity index (χ0v) is 9.93. The predicted octanol–water partition coefficient (Wildman–Crippen LogP) is 1.29. The lowest BCUT2D eigenvalue weighted by atomic mass is 10.1. The normalized spacial score (nSPS) is 11.1. The topological polar surface area (TPSA) is 76.2 Å². The molecule has 19 heavy (non-hydrogen) atoms. The molecule has 96 valence electrons. The molecule has 0 unspecified atom stereocenters. The van der Waals surface area contributed by atoms with Crippen LogP contribution < -0.4 is 11.3 Å². The Kier molecular flexibility index (Phi) is 2.64. The smallest absolute Gasteiger partial charge is 0.272 e. The number of benzene rings is 1. The molecular weight excluding hydrogens is 247 g/mol. The lowest BCUT2D eigenvalue weighted by Gasteiger charge is -1.97. The van der Waals surface area contributed by atoms with Crippen molar-refractivity contribution >= 4 is 5.65 Å². The zero-order valence-electron chi connectivity index (χ0n) is 9.93. The Morgan fingerprint density at radius 2 is 2.16 bits per heavy atom. The van der Waals surface area contributed by atoms with E-state index in [1.54, 1.807) is 18.2 Å². The Morgan fingerprint density at radius 1 is 1.32 bits per heavy atom. The van der Waals surface area contributed by atoms with Crippen LogP contribution >= 0.6 is 0 Å². The highest BCUT2D eigenvalue weighted by molar-refractivity contribution is 5.63. The van der Waals surface area contributed by atoms with Gasteiger partial charge < -0.3 is 5.73 Å². The third-order valence-corrected chi connectivity index (χ3v) is 2.85. The van der Waals surface area contributed by atoms with Gasteiger partial charge in [-0.25, -0.2) is 13.9 Å². The molecule has 5 nitrogen and oxygen atoms in total. The average molecular weight is 258 g/mol. The van der Waals surface area contributed by atoms with Crippen LogP contribution in [0.25, 0.3) is 16.9 Å². The number of aromatic nitrogens is 3. The summed E-state index contributed by atoms with van der Waals surface area (Å²) in [6, 6.07) is 9.18. The van der Waals surface area contributed by atoms with Gasteiger partial charge in [0, 0.05) is 24.2 Å². The summed E-state index contributed by atoms with van der Waals surface area (Å²) in [5.74, 6) is -0.334. The molecule has 0 aliphatic carbocycles. The van der Waals surface area contributed by atoms with Crippen LogP contribution in [-0.2, 0) is 6.54 Å². The average Bonchev–Trinajstić information content (AvgIpc) is 2.83. The number of halogens is 1. The zero-order chi connectivity index (χ0) is 13.4. The minimum atomic E-state index is -0.334. The van der Waals surface area contributed by atoms with Crippen molar-refractivity contribution in [2.75, 3.05) is 0 Å². The number of rotatable bonds is 2. The fourth-order valence-corrected chi connectivity index (χ4v) is 1.95. The molecule has 3 aromatic rings. The summed E-state index contributed by atoms with van der Waals surface area (Å²) in [6.07, 6.45) is 0. The van der Waals surface area contributed by atoms with Crippen LogP contribution in [-0.4, -0.2) is 14.6 Å². The van der Waals surface area contributed by atoms with E-state index < -0.39 is 0 Å². The second-order valence-electron chi connectivity index (χ2n) is 4.16. The number of nitrogens with two attached hydrogens (primary N) is 1. The van der Waals surface area contributed by atoms with Gasteiger partial charge in [0.1, 0.15) is 5.82 Å². The van der Waals surface area contributed by atoms with E-state index in [0.29, 0.717) is 22.6 Å². The molecule has 0 aliphatic heterocycles. The SMILES string of the molecule is NCc1cc(=O)n2[nH]c(-c3cccc(F)c3)cc2n1. The highest BCUT2D eigenvalue weighted by atomic mass is 19.1. The molecule has 2 aromatic heterocycles.